The molecule has 2 aromatic carbocycles. The van der Waals surface area contributed by atoms with E-state index >= 15 is 0 Å². The minimum absolute atomic E-state index is 0.276. The summed E-state index contributed by atoms with van der Waals surface area (Å²) in [6.07, 6.45) is -3.30. The molecular formula is C19H11F4N3. The van der Waals surface area contributed by atoms with Crippen LogP contribution in [-0.2, 0) is 6.18 Å². The molecule has 0 aliphatic rings. The highest BCUT2D eigenvalue weighted by molar-refractivity contribution is 5.91. The van der Waals surface area contributed by atoms with Gasteiger partial charge in [0.05, 0.1) is 5.69 Å². The van der Waals surface area contributed by atoms with E-state index in [0.717, 1.165) is 16.1 Å². The molecule has 0 bridgehead atoms. The molecule has 4 aromatic rings. The first-order valence-electron chi connectivity index (χ1n) is 7.71. The van der Waals surface area contributed by atoms with Crippen LogP contribution >= 0.6 is 0 Å². The molecule has 0 aliphatic heterocycles. The van der Waals surface area contributed by atoms with Crippen molar-refractivity contribution in [1.29, 1.82) is 0 Å². The van der Waals surface area contributed by atoms with E-state index in [4.69, 9.17) is 0 Å². The normalized spacial score (nSPS) is 11.8. The largest absolute Gasteiger partial charge is 0.435 e. The molecule has 0 spiro atoms. The summed E-state index contributed by atoms with van der Waals surface area (Å²) in [4.78, 5) is 4.48. The lowest BCUT2D eigenvalue weighted by Crippen LogP contribution is -2.08. The van der Waals surface area contributed by atoms with Crippen LogP contribution in [0.1, 0.15) is 5.69 Å². The Morgan fingerprint density at radius 2 is 1.62 bits per heavy atom. The highest BCUT2D eigenvalue weighted by Crippen LogP contribution is 2.30. The van der Waals surface area contributed by atoms with Crippen LogP contribution in [0.5, 0.6) is 0 Å². The third kappa shape index (κ3) is 2.92. The lowest BCUT2D eigenvalue weighted by Gasteiger charge is -2.10. The molecule has 0 fully saturated rings. The molecule has 0 unspecified atom stereocenters. The van der Waals surface area contributed by atoms with Crippen LogP contribution in [-0.4, -0.2) is 14.8 Å². The molecule has 0 saturated carbocycles. The monoisotopic (exact) mass is 357 g/mol. The third-order valence-electron chi connectivity index (χ3n) is 3.96. The Bertz CT molecular complexity index is 1080. The van der Waals surface area contributed by atoms with Crippen molar-refractivity contribution in [2.24, 2.45) is 0 Å². The maximum absolute atomic E-state index is 13.2. The van der Waals surface area contributed by atoms with Crippen molar-refractivity contribution in [3.05, 3.63) is 78.4 Å². The number of rotatable bonds is 2. The van der Waals surface area contributed by atoms with E-state index in [1.807, 2.05) is 12.1 Å². The first-order chi connectivity index (χ1) is 12.4. The van der Waals surface area contributed by atoms with Gasteiger partial charge < -0.3 is 0 Å². The van der Waals surface area contributed by atoms with Crippen LogP contribution in [0.25, 0.3) is 27.8 Å². The van der Waals surface area contributed by atoms with E-state index in [0.29, 0.717) is 16.6 Å². The second-order valence-corrected chi connectivity index (χ2v) is 5.70. The molecule has 4 rings (SSSR count). The lowest BCUT2D eigenvalue weighted by molar-refractivity contribution is -0.141. The summed E-state index contributed by atoms with van der Waals surface area (Å²) in [6.45, 7) is 0. The van der Waals surface area contributed by atoms with Crippen molar-refractivity contribution in [3.8, 4) is 17.1 Å². The summed E-state index contributed by atoms with van der Waals surface area (Å²) in [7, 11) is 0. The molecular weight excluding hydrogens is 346 g/mol. The average molecular weight is 357 g/mol. The standard InChI is InChI=1S/C19H11F4N3/c20-14-7-5-12(6-8-14)16-11-13-3-1-2-4-15(13)18(24-16)26-10-9-17(25-26)19(21,22)23/h1-11H. The molecule has 3 nitrogen and oxygen atoms in total. The molecule has 0 amide bonds. The molecule has 130 valence electrons. The second-order valence-electron chi connectivity index (χ2n) is 5.70. The molecule has 0 aliphatic carbocycles. The van der Waals surface area contributed by atoms with Gasteiger partial charge in [-0.3, -0.25) is 0 Å². The molecule has 0 saturated heterocycles. The molecule has 0 atom stereocenters. The Labute approximate surface area is 145 Å². The van der Waals surface area contributed by atoms with Crippen LogP contribution in [0.2, 0.25) is 0 Å². The van der Waals surface area contributed by atoms with Gasteiger partial charge in [-0.1, -0.05) is 24.3 Å². The van der Waals surface area contributed by atoms with Crippen molar-refractivity contribution < 1.29 is 17.6 Å². The number of hydrogen-bond donors (Lipinski definition) is 0. The van der Waals surface area contributed by atoms with Crippen LogP contribution in [0, 0.1) is 5.82 Å². The van der Waals surface area contributed by atoms with Crippen LogP contribution in [0.4, 0.5) is 17.6 Å². The van der Waals surface area contributed by atoms with Gasteiger partial charge in [0, 0.05) is 17.1 Å². The second kappa shape index (κ2) is 5.94. The maximum Gasteiger partial charge on any atom is 0.435 e. The van der Waals surface area contributed by atoms with Crippen LogP contribution < -0.4 is 0 Å². The Morgan fingerprint density at radius 1 is 0.885 bits per heavy atom. The summed E-state index contributed by atoms with van der Waals surface area (Å²) in [6, 6.07) is 15.7. The molecule has 0 N–H and O–H groups in total. The predicted octanol–water partition coefficient (Wildman–Crippen LogP) is 5.25. The number of aromatic nitrogens is 3. The van der Waals surface area contributed by atoms with Gasteiger partial charge in [0.15, 0.2) is 11.5 Å². The topological polar surface area (TPSA) is 30.7 Å². The Morgan fingerprint density at radius 3 is 2.31 bits per heavy atom. The van der Waals surface area contributed by atoms with Crippen LogP contribution in [0.15, 0.2) is 66.9 Å². The number of pyridine rings is 1. The minimum atomic E-state index is -4.53. The number of nitrogens with zero attached hydrogens (tertiary/aromatic N) is 3. The van der Waals surface area contributed by atoms with Crippen molar-refractivity contribution >= 4 is 10.8 Å². The first-order valence-corrected chi connectivity index (χ1v) is 7.71. The van der Waals surface area contributed by atoms with E-state index in [9.17, 15) is 17.6 Å². The Hall–Kier alpha value is -3.22. The van der Waals surface area contributed by atoms with Crippen LogP contribution in [0.3, 0.4) is 0 Å². The summed E-state index contributed by atoms with van der Waals surface area (Å²) in [5.41, 5.74) is 0.180. The summed E-state index contributed by atoms with van der Waals surface area (Å²) in [5, 5.41) is 5.07. The molecule has 7 heteroatoms. The van der Waals surface area contributed by atoms with Gasteiger partial charge >= 0.3 is 6.18 Å². The zero-order valence-corrected chi connectivity index (χ0v) is 13.2. The lowest BCUT2D eigenvalue weighted by atomic mass is 10.1. The highest BCUT2D eigenvalue weighted by Gasteiger charge is 2.33. The van der Waals surface area contributed by atoms with Gasteiger partial charge in [-0.25, -0.2) is 14.1 Å². The number of alkyl halides is 3. The third-order valence-corrected chi connectivity index (χ3v) is 3.96. The Balaban J connectivity index is 1.93. The van der Waals surface area contributed by atoms with E-state index in [2.05, 4.69) is 10.1 Å². The van der Waals surface area contributed by atoms with Crippen molar-refractivity contribution in [1.82, 2.24) is 14.8 Å². The smallest absolute Gasteiger partial charge is 0.228 e. The number of hydrogen-bond acceptors (Lipinski definition) is 2. The zero-order chi connectivity index (χ0) is 18.3. The summed E-state index contributed by atoms with van der Waals surface area (Å²) < 4.78 is 52.9. The fourth-order valence-electron chi connectivity index (χ4n) is 2.72. The van der Waals surface area contributed by atoms with Gasteiger partial charge in [-0.05, 0) is 41.8 Å². The van der Waals surface area contributed by atoms with Gasteiger partial charge in [-0.2, -0.15) is 18.3 Å². The van der Waals surface area contributed by atoms with Gasteiger partial charge in [0.25, 0.3) is 0 Å². The average Bonchev–Trinajstić information content (AvgIpc) is 3.12. The fraction of sp³-hybridized carbons (Fsp3) is 0.0526. The number of benzene rings is 2. The minimum Gasteiger partial charge on any atom is -0.228 e. The quantitative estimate of drug-likeness (QED) is 0.459. The highest BCUT2D eigenvalue weighted by atomic mass is 19.4. The summed E-state index contributed by atoms with van der Waals surface area (Å²) in [5.74, 6) is -0.102. The Kier molecular flexibility index (Phi) is 3.72. The fourth-order valence-corrected chi connectivity index (χ4v) is 2.72. The number of halogens is 4. The summed E-state index contributed by atoms with van der Waals surface area (Å²) >= 11 is 0. The first kappa shape index (κ1) is 16.3. The predicted molar refractivity (Wildman–Crippen MR) is 89.3 cm³/mol. The van der Waals surface area contributed by atoms with Gasteiger partial charge in [-0.15, -0.1) is 0 Å². The van der Waals surface area contributed by atoms with Crippen molar-refractivity contribution in [3.63, 3.8) is 0 Å². The molecule has 26 heavy (non-hydrogen) atoms. The molecule has 2 aromatic heterocycles. The van der Waals surface area contributed by atoms with Gasteiger partial charge in [0.1, 0.15) is 5.82 Å². The van der Waals surface area contributed by atoms with Crippen molar-refractivity contribution in [2.75, 3.05) is 0 Å². The van der Waals surface area contributed by atoms with E-state index in [1.54, 1.807) is 30.3 Å². The molecule has 0 radical (unpaired) electrons. The molecule has 2 heterocycles. The van der Waals surface area contributed by atoms with Crippen molar-refractivity contribution in [2.45, 2.75) is 6.18 Å². The zero-order valence-electron chi connectivity index (χ0n) is 13.2. The SMILES string of the molecule is Fc1ccc(-c2cc3ccccc3c(-n3ccc(C(F)(F)F)n3)n2)cc1. The van der Waals surface area contributed by atoms with E-state index in [1.165, 1.54) is 18.3 Å². The van der Waals surface area contributed by atoms with Gasteiger partial charge in [0.2, 0.25) is 0 Å². The number of fused-ring (bicyclic) bond motifs is 1. The maximum atomic E-state index is 13.2. The van der Waals surface area contributed by atoms with E-state index in [-0.39, 0.29) is 11.6 Å². The van der Waals surface area contributed by atoms with E-state index < -0.39 is 11.9 Å².